The number of primary amides is 1. The molecule has 0 aliphatic carbocycles. The predicted octanol–water partition coefficient (Wildman–Crippen LogP) is 5.41. The zero-order valence-electron chi connectivity index (χ0n) is 31.3. The number of carbonyl (C=O) groups is 1. The van der Waals surface area contributed by atoms with E-state index in [1.165, 1.54) is 38.0 Å². The molecule has 0 fully saturated rings. The summed E-state index contributed by atoms with van der Waals surface area (Å²) in [6, 6.07) is 9.29. The van der Waals surface area contributed by atoms with Crippen LogP contribution in [-0.4, -0.2) is 62.4 Å². The first-order chi connectivity index (χ1) is 28.3. The van der Waals surface area contributed by atoms with Gasteiger partial charge in [0.25, 0.3) is 5.91 Å². The minimum Gasteiger partial charge on any atom is -0.494 e. The number of rotatable bonds is 13. The van der Waals surface area contributed by atoms with Crippen molar-refractivity contribution < 1.29 is 41.0 Å². The summed E-state index contributed by atoms with van der Waals surface area (Å²) in [6.45, 7) is 7.05. The summed E-state index contributed by atoms with van der Waals surface area (Å²) in [7, 11) is 4.10. The minimum absolute atomic E-state index is 0.0416. The number of imidazole rings is 2. The molecular formula is C39H32F4N10O6. The molecule has 0 bridgehead atoms. The first-order valence-electron chi connectivity index (χ1n) is 17.3. The number of H-pyrrole nitrogens is 1. The summed E-state index contributed by atoms with van der Waals surface area (Å²) in [5.74, 6) is -6.82. The second-order valence-corrected chi connectivity index (χ2v) is 12.6. The molecule has 0 atom stereocenters. The van der Waals surface area contributed by atoms with Crippen molar-refractivity contribution in [2.45, 2.75) is 13.1 Å². The van der Waals surface area contributed by atoms with Crippen LogP contribution in [-0.2, 0) is 17.8 Å². The third-order valence-corrected chi connectivity index (χ3v) is 9.18. The lowest BCUT2D eigenvalue weighted by Crippen LogP contribution is -2.15. The summed E-state index contributed by atoms with van der Waals surface area (Å²) >= 11 is 0. The van der Waals surface area contributed by atoms with E-state index in [0.29, 0.717) is 23.2 Å². The number of hydrogen-bond acceptors (Lipinski definition) is 12. The van der Waals surface area contributed by atoms with Crippen molar-refractivity contribution in [3.63, 3.8) is 0 Å². The number of methoxy groups -OCH3 is 2. The molecule has 4 aromatic carbocycles. The van der Waals surface area contributed by atoms with Crippen molar-refractivity contribution in [1.82, 2.24) is 34.7 Å². The van der Waals surface area contributed by atoms with Crippen LogP contribution in [0, 0.1) is 23.3 Å². The average molecular weight is 813 g/mol. The number of nitrogens with one attached hydrogen (secondary N) is 2. The van der Waals surface area contributed by atoms with Crippen LogP contribution >= 0.6 is 0 Å². The molecule has 3 aromatic heterocycles. The van der Waals surface area contributed by atoms with Gasteiger partial charge >= 0.3 is 5.76 Å². The number of benzene rings is 4. The molecule has 0 unspecified atom stereocenters. The maximum atomic E-state index is 16.3. The summed E-state index contributed by atoms with van der Waals surface area (Å²) in [5, 5.41) is 9.92. The van der Waals surface area contributed by atoms with Crippen molar-refractivity contribution in [1.29, 1.82) is 0 Å². The van der Waals surface area contributed by atoms with Gasteiger partial charge in [-0.15, -0.1) is 10.2 Å². The van der Waals surface area contributed by atoms with Crippen molar-refractivity contribution in [3.05, 3.63) is 118 Å². The number of hydrogen-bond donors (Lipinski definition) is 4. The first kappa shape index (κ1) is 39.3. The van der Waals surface area contributed by atoms with Gasteiger partial charge in [-0.05, 0) is 36.4 Å². The van der Waals surface area contributed by atoms with E-state index in [9.17, 15) is 18.4 Å². The zero-order valence-corrected chi connectivity index (χ0v) is 31.3. The van der Waals surface area contributed by atoms with Gasteiger partial charge in [-0.2, -0.15) is 0 Å². The molecule has 3 heterocycles. The Balaban J connectivity index is 1.53. The smallest absolute Gasteiger partial charge is 0.434 e. The van der Waals surface area contributed by atoms with Gasteiger partial charge in [-0.3, -0.25) is 4.79 Å². The van der Waals surface area contributed by atoms with Gasteiger partial charge in [0.15, 0.2) is 11.5 Å². The molecular weight excluding hydrogens is 780 g/mol. The molecule has 16 nitrogen and oxygen atoms in total. The molecule has 0 aliphatic heterocycles. The fourth-order valence-electron chi connectivity index (χ4n) is 6.84. The highest BCUT2D eigenvalue weighted by molar-refractivity contribution is 6.04. The SMILES string of the molecule is C=CO/C(=N\NC)c1cc(F)cc(F)c1-c1nc2c(OC)c(C(N)=O)ccc2n1CCn1c(-c2c(F)cc(F)cc2-c2n[nH]c(=O)o2)nc2c(OC)c(C(=C)N)ccc21. The normalized spacial score (nSPS) is 11.6. The van der Waals surface area contributed by atoms with Crippen LogP contribution < -0.4 is 32.1 Å². The Morgan fingerprint density at radius 3 is 1.97 bits per heavy atom. The van der Waals surface area contributed by atoms with Crippen LogP contribution in [0.1, 0.15) is 21.5 Å². The second kappa shape index (κ2) is 15.6. The van der Waals surface area contributed by atoms with E-state index in [0.717, 1.165) is 18.4 Å². The molecule has 302 valence electrons. The van der Waals surface area contributed by atoms with E-state index in [-0.39, 0.29) is 92.2 Å². The van der Waals surface area contributed by atoms with E-state index in [4.69, 9.17) is 40.1 Å². The number of aromatic nitrogens is 6. The van der Waals surface area contributed by atoms with Gasteiger partial charge in [0.1, 0.15) is 46.0 Å². The van der Waals surface area contributed by atoms with E-state index in [1.54, 1.807) is 16.7 Å². The largest absolute Gasteiger partial charge is 0.494 e. The topological polar surface area (TPSA) is 216 Å². The van der Waals surface area contributed by atoms with Crippen LogP contribution in [0.4, 0.5) is 17.6 Å². The number of aryl methyl sites for hydroxylation is 2. The number of amides is 1. The average Bonchev–Trinajstić information content (AvgIpc) is 3.90. The molecule has 59 heavy (non-hydrogen) atoms. The lowest BCUT2D eigenvalue weighted by atomic mass is 10.0. The zero-order chi connectivity index (χ0) is 42.3. The number of ether oxygens (including phenoxy) is 3. The van der Waals surface area contributed by atoms with Crippen LogP contribution in [0.25, 0.3) is 62.0 Å². The number of fused-ring (bicyclic) bond motifs is 2. The Morgan fingerprint density at radius 1 is 0.881 bits per heavy atom. The monoisotopic (exact) mass is 812 g/mol. The highest BCUT2D eigenvalue weighted by Crippen LogP contribution is 2.41. The first-order valence-corrected chi connectivity index (χ1v) is 17.3. The molecule has 0 aliphatic rings. The van der Waals surface area contributed by atoms with Gasteiger partial charge in [0.05, 0.1) is 59.3 Å². The standard InChI is InChI=1S/C39H32F4N10O6/c1-6-58-37(49-46-3)22-13-18(40)15-24(42)28(22)35-48-31-27(10-8-21(34(45)54)33(31)57-5)53(35)12-11-52-26-9-7-20(17(2)44)32(56-4)30(26)47-36(52)29-23(14-19(41)16-25(29)43)38-50-51-39(55)59-38/h6-10,13-16,46H,1-2,11-12,44H2,3-5H3,(H2,45,54)(H,51,55)/b49-37-. The Bertz CT molecular complexity index is 2950. The number of aromatic amines is 1. The maximum absolute atomic E-state index is 16.3. The van der Waals surface area contributed by atoms with Gasteiger partial charge in [0, 0.05) is 43.5 Å². The number of nitrogens with zero attached hydrogens (tertiary/aromatic N) is 6. The molecule has 6 N–H and O–H groups in total. The van der Waals surface area contributed by atoms with E-state index >= 15 is 8.78 Å². The quantitative estimate of drug-likeness (QED) is 0.0380. The summed E-state index contributed by atoms with van der Waals surface area (Å²) in [6.07, 6.45) is 1.01. The van der Waals surface area contributed by atoms with Crippen LogP contribution in [0.3, 0.4) is 0 Å². The molecule has 0 saturated carbocycles. The molecule has 1 amide bonds. The van der Waals surface area contributed by atoms with E-state index in [2.05, 4.69) is 33.9 Å². The predicted molar refractivity (Wildman–Crippen MR) is 208 cm³/mol. The van der Waals surface area contributed by atoms with Crippen LogP contribution in [0.5, 0.6) is 11.5 Å². The van der Waals surface area contributed by atoms with E-state index < -0.39 is 40.8 Å². The maximum Gasteiger partial charge on any atom is 0.434 e. The Hall–Kier alpha value is -7.90. The molecule has 7 rings (SSSR count). The third-order valence-electron chi connectivity index (χ3n) is 9.18. The van der Waals surface area contributed by atoms with E-state index in [1.807, 2.05) is 0 Å². The van der Waals surface area contributed by atoms with Crippen molar-refractivity contribution in [3.8, 4) is 45.7 Å². The number of carbonyl (C=O) groups excluding carboxylic acids is 1. The highest BCUT2D eigenvalue weighted by Gasteiger charge is 2.29. The Morgan fingerprint density at radius 2 is 1.44 bits per heavy atom. The van der Waals surface area contributed by atoms with Crippen LogP contribution in [0.2, 0.25) is 0 Å². The fourth-order valence-corrected chi connectivity index (χ4v) is 6.84. The highest BCUT2D eigenvalue weighted by atomic mass is 19.1. The number of hydrazone groups is 1. The molecule has 0 radical (unpaired) electrons. The van der Waals surface area contributed by atoms with Gasteiger partial charge in [0.2, 0.25) is 11.8 Å². The Kier molecular flexibility index (Phi) is 10.4. The summed E-state index contributed by atoms with van der Waals surface area (Å²) in [4.78, 5) is 34.0. The minimum atomic E-state index is -1.10. The number of halogens is 4. The summed E-state index contributed by atoms with van der Waals surface area (Å²) in [5.41, 5.74) is 14.5. The number of nitrogens with two attached hydrogens (primary N) is 2. The summed E-state index contributed by atoms with van der Waals surface area (Å²) < 4.78 is 87.3. The van der Waals surface area contributed by atoms with Crippen molar-refractivity contribution in [2.24, 2.45) is 16.6 Å². The fraction of sp³-hybridized carbons (Fsp3) is 0.128. The lowest BCUT2D eigenvalue weighted by Gasteiger charge is -2.17. The molecule has 7 aromatic rings. The van der Waals surface area contributed by atoms with Gasteiger partial charge < -0.3 is 44.7 Å². The van der Waals surface area contributed by atoms with Crippen molar-refractivity contribution in [2.75, 3.05) is 21.3 Å². The Labute approximate surface area is 330 Å². The van der Waals surface area contributed by atoms with Crippen LogP contribution in [0.15, 0.2) is 82.3 Å². The van der Waals surface area contributed by atoms with Crippen molar-refractivity contribution >= 4 is 39.6 Å². The second-order valence-electron chi connectivity index (χ2n) is 12.6. The van der Waals surface area contributed by atoms with Gasteiger partial charge in [-0.1, -0.05) is 13.2 Å². The third kappa shape index (κ3) is 6.85. The van der Waals surface area contributed by atoms with Gasteiger partial charge in [-0.25, -0.2) is 37.4 Å². The molecule has 0 spiro atoms. The lowest BCUT2D eigenvalue weighted by molar-refractivity contribution is 0.0997. The molecule has 0 saturated heterocycles. The molecule has 20 heteroatoms.